The summed E-state index contributed by atoms with van der Waals surface area (Å²) in [5, 5.41) is 6.48. The van der Waals surface area contributed by atoms with Crippen LogP contribution in [0.3, 0.4) is 0 Å². The molecular weight excluding hydrogens is 382 g/mol. The molecule has 1 aliphatic carbocycles. The van der Waals surface area contributed by atoms with E-state index in [2.05, 4.69) is 25.2 Å². The fraction of sp³-hybridized carbons (Fsp3) is 0.381. The lowest BCUT2D eigenvalue weighted by Gasteiger charge is -2.19. The Morgan fingerprint density at radius 2 is 1.90 bits per heavy atom. The van der Waals surface area contributed by atoms with Crippen LogP contribution in [0.4, 0.5) is 11.8 Å². The molecule has 3 heterocycles. The number of rotatable bonds is 5. The van der Waals surface area contributed by atoms with Crippen molar-refractivity contribution in [3.63, 3.8) is 0 Å². The van der Waals surface area contributed by atoms with Gasteiger partial charge in [-0.15, -0.1) is 0 Å². The van der Waals surface area contributed by atoms with Gasteiger partial charge in [0.05, 0.1) is 5.56 Å². The van der Waals surface area contributed by atoms with Crippen molar-refractivity contribution < 1.29 is 9.59 Å². The summed E-state index contributed by atoms with van der Waals surface area (Å²) < 4.78 is 2.07. The van der Waals surface area contributed by atoms with Crippen LogP contribution in [-0.2, 0) is 0 Å². The number of carbonyl (C=O) groups is 2. The Morgan fingerprint density at radius 3 is 2.53 bits per heavy atom. The molecule has 1 fully saturated rings. The van der Waals surface area contributed by atoms with Gasteiger partial charge in [-0.3, -0.25) is 9.59 Å². The van der Waals surface area contributed by atoms with Gasteiger partial charge in [-0.05, 0) is 31.0 Å². The van der Waals surface area contributed by atoms with Gasteiger partial charge >= 0.3 is 0 Å². The number of pyridine rings is 1. The van der Waals surface area contributed by atoms with Crippen molar-refractivity contribution in [2.24, 2.45) is 0 Å². The lowest BCUT2D eigenvalue weighted by molar-refractivity contribution is 0.0815. The van der Waals surface area contributed by atoms with Gasteiger partial charge < -0.3 is 20.1 Å². The summed E-state index contributed by atoms with van der Waals surface area (Å²) in [5.74, 6) is 0.689. The molecule has 1 aliphatic rings. The van der Waals surface area contributed by atoms with E-state index >= 15 is 0 Å². The van der Waals surface area contributed by atoms with E-state index in [-0.39, 0.29) is 17.9 Å². The van der Waals surface area contributed by atoms with Crippen LogP contribution >= 0.6 is 0 Å². The van der Waals surface area contributed by atoms with Gasteiger partial charge in [-0.2, -0.15) is 4.98 Å². The quantitative estimate of drug-likeness (QED) is 0.674. The van der Waals surface area contributed by atoms with E-state index in [0.29, 0.717) is 23.0 Å². The molecule has 0 saturated heterocycles. The van der Waals surface area contributed by atoms with Crippen molar-refractivity contribution in [3.8, 4) is 0 Å². The Morgan fingerprint density at radius 1 is 1.13 bits per heavy atom. The summed E-state index contributed by atoms with van der Waals surface area (Å²) in [6, 6.07) is 5.52. The lowest BCUT2D eigenvalue weighted by atomic mass is 10.2. The number of nitrogens with zero attached hydrogens (tertiary/aromatic N) is 5. The van der Waals surface area contributed by atoms with E-state index < -0.39 is 0 Å². The maximum atomic E-state index is 12.8. The molecule has 0 aliphatic heterocycles. The molecule has 4 rings (SSSR count). The Labute approximate surface area is 174 Å². The lowest BCUT2D eigenvalue weighted by Crippen LogP contribution is -2.25. The molecular formula is C21H25N7O2. The predicted octanol–water partition coefficient (Wildman–Crippen LogP) is 2.75. The third-order valence-corrected chi connectivity index (χ3v) is 5.38. The van der Waals surface area contributed by atoms with Crippen molar-refractivity contribution in [2.75, 3.05) is 26.5 Å². The number of hydrogen-bond donors (Lipinski definition) is 2. The molecule has 2 amide bonds. The van der Waals surface area contributed by atoms with Crippen LogP contribution in [0.1, 0.15) is 52.6 Å². The zero-order valence-corrected chi connectivity index (χ0v) is 17.3. The molecule has 2 N–H and O–H groups in total. The molecule has 1 saturated carbocycles. The molecule has 0 bridgehead atoms. The first-order valence-electron chi connectivity index (χ1n) is 10.0. The second kappa shape index (κ2) is 8.10. The standard InChI is InChI=1S/C21H25N7O2/c1-22-19(29)13-8-9-17(23-11-13)25-21-24-12-14-10-16(20(30)27(2)3)28(18(14)26-21)15-6-4-5-7-15/h8-12,15H,4-7H2,1-3H3,(H,22,29)(H,23,24,25,26). The summed E-state index contributed by atoms with van der Waals surface area (Å²) in [6.45, 7) is 0. The Balaban J connectivity index is 1.70. The molecule has 3 aromatic heterocycles. The highest BCUT2D eigenvalue weighted by molar-refractivity contribution is 5.98. The number of carbonyl (C=O) groups excluding carboxylic acids is 2. The van der Waals surface area contributed by atoms with Crippen LogP contribution in [0, 0.1) is 0 Å². The van der Waals surface area contributed by atoms with Gasteiger partial charge in [0.25, 0.3) is 11.8 Å². The molecule has 0 atom stereocenters. The number of amides is 2. The fourth-order valence-corrected chi connectivity index (χ4v) is 3.86. The van der Waals surface area contributed by atoms with Gasteiger partial charge in [0.2, 0.25) is 5.95 Å². The normalized spacial score (nSPS) is 14.1. The number of anilines is 2. The van der Waals surface area contributed by atoms with Crippen molar-refractivity contribution in [1.82, 2.24) is 29.7 Å². The third-order valence-electron chi connectivity index (χ3n) is 5.38. The van der Waals surface area contributed by atoms with Crippen molar-refractivity contribution in [3.05, 3.63) is 41.9 Å². The summed E-state index contributed by atoms with van der Waals surface area (Å²) in [6.07, 6.45) is 7.59. The minimum Gasteiger partial charge on any atom is -0.355 e. The van der Waals surface area contributed by atoms with E-state index in [1.807, 2.05) is 6.07 Å². The molecule has 0 spiro atoms. The number of fused-ring (bicyclic) bond motifs is 1. The first-order valence-corrected chi connectivity index (χ1v) is 10.0. The van der Waals surface area contributed by atoms with Gasteiger partial charge in [-0.1, -0.05) is 12.8 Å². The maximum Gasteiger partial charge on any atom is 0.270 e. The van der Waals surface area contributed by atoms with Crippen molar-refractivity contribution in [2.45, 2.75) is 31.7 Å². The largest absolute Gasteiger partial charge is 0.355 e. The van der Waals surface area contributed by atoms with Gasteiger partial charge in [0, 0.05) is 45.0 Å². The highest BCUT2D eigenvalue weighted by Gasteiger charge is 2.26. The van der Waals surface area contributed by atoms with E-state index in [9.17, 15) is 9.59 Å². The fourth-order valence-electron chi connectivity index (χ4n) is 3.86. The van der Waals surface area contributed by atoms with E-state index in [1.165, 1.54) is 6.20 Å². The van der Waals surface area contributed by atoms with Crippen molar-refractivity contribution in [1.29, 1.82) is 0 Å². The molecule has 9 nitrogen and oxygen atoms in total. The second-order valence-corrected chi connectivity index (χ2v) is 7.65. The van der Waals surface area contributed by atoms with Gasteiger partial charge in [-0.25, -0.2) is 9.97 Å². The number of hydrogen-bond acceptors (Lipinski definition) is 6. The number of nitrogens with one attached hydrogen (secondary N) is 2. The predicted molar refractivity (Wildman–Crippen MR) is 114 cm³/mol. The highest BCUT2D eigenvalue weighted by atomic mass is 16.2. The third kappa shape index (κ3) is 3.70. The van der Waals surface area contributed by atoms with Crippen LogP contribution < -0.4 is 10.6 Å². The minimum atomic E-state index is -0.195. The van der Waals surface area contributed by atoms with E-state index in [0.717, 1.165) is 36.7 Å². The number of aromatic nitrogens is 4. The van der Waals surface area contributed by atoms with Crippen LogP contribution in [0.25, 0.3) is 11.0 Å². The monoisotopic (exact) mass is 407 g/mol. The molecule has 9 heteroatoms. The van der Waals surface area contributed by atoms with Gasteiger partial charge in [0.15, 0.2) is 0 Å². The Hall–Kier alpha value is -3.49. The summed E-state index contributed by atoms with van der Waals surface area (Å²) in [4.78, 5) is 39.4. The van der Waals surface area contributed by atoms with Crippen LogP contribution in [0.2, 0.25) is 0 Å². The maximum absolute atomic E-state index is 12.8. The van der Waals surface area contributed by atoms with Crippen LogP contribution in [0.15, 0.2) is 30.6 Å². The van der Waals surface area contributed by atoms with E-state index in [1.54, 1.807) is 44.4 Å². The zero-order chi connectivity index (χ0) is 21.3. The second-order valence-electron chi connectivity index (χ2n) is 7.65. The van der Waals surface area contributed by atoms with E-state index in [4.69, 9.17) is 4.98 Å². The van der Waals surface area contributed by atoms with Crippen LogP contribution in [0.5, 0.6) is 0 Å². The summed E-state index contributed by atoms with van der Waals surface area (Å²) in [5.41, 5.74) is 1.86. The van der Waals surface area contributed by atoms with Gasteiger partial charge in [0.1, 0.15) is 17.2 Å². The average Bonchev–Trinajstić information content (AvgIpc) is 3.40. The molecule has 156 valence electrons. The first kappa shape index (κ1) is 19.8. The summed E-state index contributed by atoms with van der Waals surface area (Å²) in [7, 11) is 5.09. The first-order chi connectivity index (χ1) is 14.5. The Kier molecular flexibility index (Phi) is 5.35. The van der Waals surface area contributed by atoms with Crippen LogP contribution in [-0.4, -0.2) is 57.4 Å². The summed E-state index contributed by atoms with van der Waals surface area (Å²) >= 11 is 0. The smallest absolute Gasteiger partial charge is 0.270 e. The highest BCUT2D eigenvalue weighted by Crippen LogP contribution is 2.34. The molecule has 30 heavy (non-hydrogen) atoms. The molecule has 3 aromatic rings. The minimum absolute atomic E-state index is 0.0409. The molecule has 0 unspecified atom stereocenters. The SMILES string of the molecule is CNC(=O)c1ccc(Nc2ncc3cc(C(=O)N(C)C)n(C4CCCC4)c3n2)nc1. The zero-order valence-electron chi connectivity index (χ0n) is 17.3. The molecule has 0 aromatic carbocycles. The topological polar surface area (TPSA) is 105 Å². The average molecular weight is 407 g/mol. The van der Waals surface area contributed by atoms with Crippen molar-refractivity contribution >= 4 is 34.6 Å². The Bertz CT molecular complexity index is 1080. The molecule has 0 radical (unpaired) electrons.